The van der Waals surface area contributed by atoms with Crippen molar-refractivity contribution in [1.29, 1.82) is 0 Å². The molecule has 0 fully saturated rings. The van der Waals surface area contributed by atoms with Crippen LogP contribution in [-0.4, -0.2) is 40.1 Å². The van der Waals surface area contributed by atoms with Crippen molar-refractivity contribution in [3.63, 3.8) is 0 Å². The molecule has 29 heavy (non-hydrogen) atoms. The fourth-order valence-electron chi connectivity index (χ4n) is 2.96. The van der Waals surface area contributed by atoms with E-state index in [1.807, 2.05) is 60.7 Å². The second kappa shape index (κ2) is 10.6. The lowest BCUT2D eigenvalue weighted by Crippen LogP contribution is -2.30. The average Bonchev–Trinajstić information content (AvgIpc) is 3.11. The highest BCUT2D eigenvalue weighted by Crippen LogP contribution is 2.22. The lowest BCUT2D eigenvalue weighted by molar-refractivity contribution is -0.119. The van der Waals surface area contributed by atoms with Gasteiger partial charge in [0.1, 0.15) is 0 Å². The van der Waals surface area contributed by atoms with E-state index in [0.29, 0.717) is 24.7 Å². The van der Waals surface area contributed by atoms with E-state index in [0.717, 1.165) is 11.1 Å². The number of hydrogen-bond donors (Lipinski definition) is 2. The summed E-state index contributed by atoms with van der Waals surface area (Å²) in [6.07, 6.45) is 0.694. The quantitative estimate of drug-likeness (QED) is 0.395. The molecule has 3 aromatic rings. The van der Waals surface area contributed by atoms with Gasteiger partial charge >= 0.3 is 5.69 Å². The predicted molar refractivity (Wildman–Crippen MR) is 113 cm³/mol. The number of H-pyrrole nitrogens is 1. The minimum atomic E-state index is -0.282. The molecule has 0 aliphatic heterocycles. The maximum atomic E-state index is 12.7. The van der Waals surface area contributed by atoms with Gasteiger partial charge in [0.25, 0.3) is 0 Å². The average molecular weight is 413 g/mol. The van der Waals surface area contributed by atoms with Crippen LogP contribution in [-0.2, 0) is 16.1 Å². The number of nitrogens with one attached hydrogen (secondary N) is 2. The van der Waals surface area contributed by atoms with Crippen LogP contribution in [0.3, 0.4) is 0 Å². The van der Waals surface area contributed by atoms with Gasteiger partial charge in [-0.2, -0.15) is 0 Å². The first kappa shape index (κ1) is 20.9. The van der Waals surface area contributed by atoms with Gasteiger partial charge in [-0.3, -0.25) is 9.36 Å². The molecule has 0 saturated carbocycles. The fraction of sp³-hybridized carbons (Fsp3) is 0.286. The van der Waals surface area contributed by atoms with Gasteiger partial charge in [-0.1, -0.05) is 72.4 Å². The molecule has 0 unspecified atom stereocenters. The normalized spacial score (nSPS) is 11.0. The van der Waals surface area contributed by atoms with Crippen molar-refractivity contribution >= 4 is 17.7 Å². The standard InChI is InChI=1S/C21H24N4O3S/c1-28-14-8-13-25-20(27)23-24-21(25)29-15-18(26)22-19(16-9-4-2-5-10-16)17-11-6-3-7-12-17/h2-7,9-12,19H,8,13-15H2,1H3,(H,22,26)(H,23,27). The topological polar surface area (TPSA) is 89.0 Å². The molecule has 0 aliphatic carbocycles. The third kappa shape index (κ3) is 5.82. The second-order valence-corrected chi connectivity index (χ2v) is 7.36. The first-order valence-corrected chi connectivity index (χ1v) is 10.3. The van der Waals surface area contributed by atoms with E-state index in [2.05, 4.69) is 15.5 Å². The monoisotopic (exact) mass is 412 g/mol. The van der Waals surface area contributed by atoms with Gasteiger partial charge in [-0.05, 0) is 17.5 Å². The van der Waals surface area contributed by atoms with Crippen LogP contribution in [0.5, 0.6) is 0 Å². The Labute approximate surface area is 173 Å². The fourth-order valence-corrected chi connectivity index (χ4v) is 3.74. The Morgan fingerprint density at radius 2 is 1.76 bits per heavy atom. The van der Waals surface area contributed by atoms with Crippen LogP contribution >= 0.6 is 11.8 Å². The summed E-state index contributed by atoms with van der Waals surface area (Å²) < 4.78 is 6.56. The van der Waals surface area contributed by atoms with Gasteiger partial charge in [-0.15, -0.1) is 5.10 Å². The van der Waals surface area contributed by atoms with Crippen molar-refractivity contribution in [2.24, 2.45) is 0 Å². The summed E-state index contributed by atoms with van der Waals surface area (Å²) in [5.41, 5.74) is 1.73. The number of carbonyl (C=O) groups is 1. The zero-order valence-corrected chi connectivity index (χ0v) is 17.0. The van der Waals surface area contributed by atoms with Gasteiger partial charge in [0, 0.05) is 20.3 Å². The molecule has 1 heterocycles. The van der Waals surface area contributed by atoms with E-state index in [-0.39, 0.29) is 23.4 Å². The summed E-state index contributed by atoms with van der Waals surface area (Å²) in [6.45, 7) is 1.04. The molecule has 0 saturated heterocycles. The molecule has 3 rings (SSSR count). The Balaban J connectivity index is 1.67. The van der Waals surface area contributed by atoms with E-state index in [9.17, 15) is 9.59 Å². The smallest absolute Gasteiger partial charge is 0.343 e. The van der Waals surface area contributed by atoms with Crippen molar-refractivity contribution in [2.45, 2.75) is 24.2 Å². The van der Waals surface area contributed by atoms with Gasteiger partial charge in [-0.25, -0.2) is 9.89 Å². The Morgan fingerprint density at radius 3 is 2.34 bits per heavy atom. The van der Waals surface area contributed by atoms with Crippen LogP contribution in [0.1, 0.15) is 23.6 Å². The highest BCUT2D eigenvalue weighted by atomic mass is 32.2. The zero-order valence-electron chi connectivity index (χ0n) is 16.2. The molecule has 2 aromatic carbocycles. The van der Waals surface area contributed by atoms with Gasteiger partial charge < -0.3 is 10.1 Å². The SMILES string of the molecule is COCCCn1c(SCC(=O)NC(c2ccccc2)c2ccccc2)n[nH]c1=O. The molecule has 2 N–H and O–H groups in total. The van der Waals surface area contributed by atoms with Crippen molar-refractivity contribution < 1.29 is 9.53 Å². The molecule has 0 bridgehead atoms. The molecule has 152 valence electrons. The van der Waals surface area contributed by atoms with Crippen molar-refractivity contribution in [2.75, 3.05) is 19.5 Å². The number of nitrogens with zero attached hydrogens (tertiary/aromatic N) is 2. The number of hydrogen-bond acceptors (Lipinski definition) is 5. The summed E-state index contributed by atoms with van der Waals surface area (Å²) in [6, 6.07) is 19.4. The second-order valence-electron chi connectivity index (χ2n) is 6.42. The summed E-state index contributed by atoms with van der Waals surface area (Å²) in [5, 5.41) is 10.1. The Hall–Kier alpha value is -2.84. The van der Waals surface area contributed by atoms with Gasteiger partial charge in [0.05, 0.1) is 11.8 Å². The Kier molecular flexibility index (Phi) is 7.66. The lowest BCUT2D eigenvalue weighted by Gasteiger charge is -2.19. The van der Waals surface area contributed by atoms with Crippen LogP contribution in [0.4, 0.5) is 0 Å². The summed E-state index contributed by atoms with van der Waals surface area (Å²) >= 11 is 1.23. The molecule has 8 heteroatoms. The predicted octanol–water partition coefficient (Wildman–Crippen LogP) is 2.61. The van der Waals surface area contributed by atoms with Crippen molar-refractivity contribution in [1.82, 2.24) is 20.1 Å². The van der Waals surface area contributed by atoms with E-state index in [1.54, 1.807) is 7.11 Å². The lowest BCUT2D eigenvalue weighted by atomic mass is 9.99. The molecule has 1 amide bonds. The van der Waals surface area contributed by atoms with E-state index < -0.39 is 0 Å². The number of amides is 1. The third-order valence-corrected chi connectivity index (χ3v) is 5.33. The first-order valence-electron chi connectivity index (χ1n) is 9.35. The number of carbonyl (C=O) groups excluding carboxylic acids is 1. The number of benzene rings is 2. The summed E-state index contributed by atoms with van der Waals surface area (Å²) in [5.74, 6) is 0.0247. The van der Waals surface area contributed by atoms with Crippen LogP contribution in [0, 0.1) is 0 Å². The molecule has 7 nitrogen and oxygen atoms in total. The molecule has 0 radical (unpaired) electrons. The van der Waals surface area contributed by atoms with Crippen LogP contribution in [0.25, 0.3) is 0 Å². The van der Waals surface area contributed by atoms with Gasteiger partial charge in [0.15, 0.2) is 5.16 Å². The Bertz CT molecular complexity index is 917. The molecule has 0 aliphatic rings. The highest BCUT2D eigenvalue weighted by Gasteiger charge is 2.18. The van der Waals surface area contributed by atoms with Crippen molar-refractivity contribution in [3.8, 4) is 0 Å². The summed E-state index contributed by atoms with van der Waals surface area (Å²) in [7, 11) is 1.62. The molecule has 0 atom stereocenters. The van der Waals surface area contributed by atoms with Crippen LogP contribution in [0.15, 0.2) is 70.6 Å². The van der Waals surface area contributed by atoms with Gasteiger partial charge in [0.2, 0.25) is 5.91 Å². The maximum absolute atomic E-state index is 12.7. The minimum Gasteiger partial charge on any atom is -0.385 e. The number of thioether (sulfide) groups is 1. The minimum absolute atomic E-state index is 0.133. The summed E-state index contributed by atoms with van der Waals surface area (Å²) in [4.78, 5) is 24.6. The molecular formula is C21H24N4O3S. The maximum Gasteiger partial charge on any atom is 0.343 e. The molecule has 0 spiro atoms. The number of ether oxygens (including phenoxy) is 1. The number of methoxy groups -OCH3 is 1. The van der Waals surface area contributed by atoms with Crippen LogP contribution in [0.2, 0.25) is 0 Å². The number of aromatic amines is 1. The largest absolute Gasteiger partial charge is 0.385 e. The van der Waals surface area contributed by atoms with E-state index >= 15 is 0 Å². The van der Waals surface area contributed by atoms with E-state index in [1.165, 1.54) is 16.3 Å². The Morgan fingerprint density at radius 1 is 1.14 bits per heavy atom. The zero-order chi connectivity index (χ0) is 20.5. The van der Waals surface area contributed by atoms with Crippen LogP contribution < -0.4 is 11.0 Å². The van der Waals surface area contributed by atoms with Crippen molar-refractivity contribution in [3.05, 3.63) is 82.3 Å². The highest BCUT2D eigenvalue weighted by molar-refractivity contribution is 7.99. The molecular weight excluding hydrogens is 388 g/mol. The molecule has 1 aromatic heterocycles. The van der Waals surface area contributed by atoms with E-state index in [4.69, 9.17) is 4.74 Å². The third-order valence-electron chi connectivity index (χ3n) is 4.36. The first-order chi connectivity index (χ1) is 14.2. The number of rotatable bonds is 10. The number of aromatic nitrogens is 3.